The summed E-state index contributed by atoms with van der Waals surface area (Å²) < 4.78 is 2.22. The maximum atomic E-state index is 10.3. The van der Waals surface area contributed by atoms with E-state index in [9.17, 15) is 10.2 Å². The van der Waals surface area contributed by atoms with Crippen molar-refractivity contribution >= 4 is 23.0 Å². The van der Waals surface area contributed by atoms with E-state index in [-0.39, 0.29) is 11.5 Å². The summed E-state index contributed by atoms with van der Waals surface area (Å²) in [7, 11) is 0. The average Bonchev–Trinajstić information content (AvgIpc) is 2.99. The number of phenols is 2. The predicted molar refractivity (Wildman–Crippen MR) is 99.8 cm³/mol. The van der Waals surface area contributed by atoms with Gasteiger partial charge in [0.1, 0.15) is 11.5 Å². The molecule has 0 amide bonds. The molecule has 0 unspecified atom stereocenters. The number of benzene rings is 3. The molecule has 0 saturated carbocycles. The number of nitrogens with one attached hydrogen (secondary N) is 1. The lowest BCUT2D eigenvalue weighted by molar-refractivity contribution is 0.449. The van der Waals surface area contributed by atoms with Crippen molar-refractivity contribution in [3.8, 4) is 28.6 Å². The summed E-state index contributed by atoms with van der Waals surface area (Å²) in [6.07, 6.45) is 0. The molecule has 0 atom stereocenters. The van der Waals surface area contributed by atoms with Crippen molar-refractivity contribution in [2.24, 2.45) is 0 Å². The van der Waals surface area contributed by atoms with Gasteiger partial charge in [0.25, 0.3) is 0 Å². The van der Waals surface area contributed by atoms with Crippen molar-refractivity contribution < 1.29 is 10.2 Å². The molecule has 0 aliphatic heterocycles. The summed E-state index contributed by atoms with van der Waals surface area (Å²) in [5.74, 6) is 0.465. The third-order valence-corrected chi connectivity index (χ3v) is 4.51. The zero-order valence-electron chi connectivity index (χ0n) is 13.4. The predicted octanol–water partition coefficient (Wildman–Crippen LogP) is 4.47. The normalized spacial score (nSPS) is 11.1. The van der Waals surface area contributed by atoms with E-state index in [0.717, 1.165) is 16.5 Å². The van der Waals surface area contributed by atoms with Gasteiger partial charge in [0.05, 0.1) is 11.3 Å². The molecule has 3 aromatic carbocycles. The van der Waals surface area contributed by atoms with Gasteiger partial charge in [0.2, 0.25) is 0 Å². The number of fused-ring (bicyclic) bond motifs is 1. The van der Waals surface area contributed by atoms with Crippen molar-refractivity contribution in [2.45, 2.75) is 6.92 Å². The Balaban J connectivity index is 2.04. The fraction of sp³-hybridized carbons (Fsp3) is 0.0526. The highest BCUT2D eigenvalue weighted by molar-refractivity contribution is 7.71. The fourth-order valence-electron chi connectivity index (χ4n) is 2.97. The smallest absolute Gasteiger partial charge is 0.200 e. The Morgan fingerprint density at radius 3 is 2.60 bits per heavy atom. The highest BCUT2D eigenvalue weighted by atomic mass is 32.1. The van der Waals surface area contributed by atoms with Crippen LogP contribution in [0.5, 0.6) is 11.5 Å². The summed E-state index contributed by atoms with van der Waals surface area (Å²) in [5.41, 5.74) is 2.01. The van der Waals surface area contributed by atoms with Crippen molar-refractivity contribution in [3.63, 3.8) is 0 Å². The third kappa shape index (κ3) is 2.47. The van der Waals surface area contributed by atoms with Crippen molar-refractivity contribution in [3.05, 3.63) is 64.9 Å². The number of phenolic OH excluding ortho intramolecular Hbond substituents is 2. The minimum absolute atomic E-state index is 0.0343. The van der Waals surface area contributed by atoms with Gasteiger partial charge < -0.3 is 10.2 Å². The summed E-state index contributed by atoms with van der Waals surface area (Å²) >= 11 is 5.43. The molecule has 5 nitrogen and oxygen atoms in total. The third-order valence-electron chi connectivity index (χ3n) is 4.24. The Hall–Kier alpha value is -3.12. The maximum absolute atomic E-state index is 10.3. The van der Waals surface area contributed by atoms with Crippen LogP contribution in [0.15, 0.2) is 54.6 Å². The van der Waals surface area contributed by atoms with Crippen molar-refractivity contribution in [2.75, 3.05) is 0 Å². The van der Waals surface area contributed by atoms with Crippen LogP contribution in [0.3, 0.4) is 0 Å². The van der Waals surface area contributed by atoms with Crippen LogP contribution in [0.4, 0.5) is 0 Å². The topological polar surface area (TPSA) is 74.1 Å². The largest absolute Gasteiger partial charge is 0.508 e. The lowest BCUT2D eigenvalue weighted by atomic mass is 10.1. The molecule has 6 heteroatoms. The van der Waals surface area contributed by atoms with Gasteiger partial charge in [-0.15, -0.1) is 0 Å². The molecule has 3 N–H and O–H groups in total. The summed E-state index contributed by atoms with van der Waals surface area (Å²) in [5, 5.41) is 29.3. The SMILES string of the molecule is Cc1cc(-c2n[nH]c(=S)n2-c2cccc3ccccc23)c(O)cc1O. The Morgan fingerprint density at radius 2 is 1.76 bits per heavy atom. The lowest BCUT2D eigenvalue weighted by Crippen LogP contribution is -1.99. The van der Waals surface area contributed by atoms with E-state index in [1.807, 2.05) is 42.5 Å². The van der Waals surface area contributed by atoms with Gasteiger partial charge in [-0.1, -0.05) is 36.4 Å². The minimum Gasteiger partial charge on any atom is -0.508 e. The van der Waals surface area contributed by atoms with Crippen LogP contribution in [0.25, 0.3) is 27.8 Å². The molecule has 0 spiro atoms. The summed E-state index contributed by atoms with van der Waals surface area (Å²) in [6, 6.07) is 17.0. The summed E-state index contributed by atoms with van der Waals surface area (Å²) in [6.45, 7) is 1.77. The number of rotatable bonds is 2. The first-order valence-electron chi connectivity index (χ1n) is 7.75. The Kier molecular flexibility index (Phi) is 3.54. The van der Waals surface area contributed by atoms with Crippen LogP contribution >= 0.6 is 12.2 Å². The molecule has 0 radical (unpaired) electrons. The van der Waals surface area contributed by atoms with E-state index < -0.39 is 0 Å². The van der Waals surface area contributed by atoms with E-state index in [4.69, 9.17) is 12.2 Å². The zero-order chi connectivity index (χ0) is 17.6. The van der Waals surface area contributed by atoms with Gasteiger partial charge in [-0.05, 0) is 42.2 Å². The number of H-pyrrole nitrogens is 1. The second kappa shape index (κ2) is 5.75. The van der Waals surface area contributed by atoms with Gasteiger partial charge in [0.15, 0.2) is 10.6 Å². The lowest BCUT2D eigenvalue weighted by Gasteiger charge is -2.12. The van der Waals surface area contributed by atoms with E-state index in [1.54, 1.807) is 17.6 Å². The second-order valence-corrected chi connectivity index (χ2v) is 6.23. The van der Waals surface area contributed by atoms with Crippen LogP contribution in [0, 0.1) is 11.7 Å². The van der Waals surface area contributed by atoms with Gasteiger partial charge in [0, 0.05) is 11.5 Å². The van der Waals surface area contributed by atoms with Crippen LogP contribution in [0.2, 0.25) is 0 Å². The molecule has 0 aliphatic rings. The standard InChI is InChI=1S/C19H15N3O2S/c1-11-9-14(17(24)10-16(11)23)18-20-21-19(25)22(18)15-8-4-6-12-5-2-3-7-13(12)15/h2-10,23-24H,1H3,(H,21,25). The number of aromatic amines is 1. The molecule has 4 rings (SSSR count). The molecule has 1 aromatic heterocycles. The van der Waals surface area contributed by atoms with Crippen LogP contribution in [-0.2, 0) is 0 Å². The second-order valence-electron chi connectivity index (χ2n) is 5.84. The molecular formula is C19H15N3O2S. The number of aryl methyl sites for hydroxylation is 1. The highest BCUT2D eigenvalue weighted by Gasteiger charge is 2.17. The van der Waals surface area contributed by atoms with Crippen LogP contribution in [0.1, 0.15) is 5.56 Å². The van der Waals surface area contributed by atoms with Gasteiger partial charge in [-0.25, -0.2) is 0 Å². The van der Waals surface area contributed by atoms with Crippen LogP contribution in [-0.4, -0.2) is 25.0 Å². The summed E-state index contributed by atoms with van der Waals surface area (Å²) in [4.78, 5) is 0. The van der Waals surface area contributed by atoms with Crippen molar-refractivity contribution in [1.29, 1.82) is 0 Å². The van der Waals surface area contributed by atoms with Gasteiger partial charge >= 0.3 is 0 Å². The van der Waals surface area contributed by atoms with E-state index >= 15 is 0 Å². The van der Waals surface area contributed by atoms with E-state index in [0.29, 0.717) is 21.7 Å². The zero-order valence-corrected chi connectivity index (χ0v) is 14.2. The molecule has 124 valence electrons. The molecule has 1 heterocycles. The number of nitrogens with zero attached hydrogens (tertiary/aromatic N) is 2. The molecule has 0 saturated heterocycles. The molecule has 0 aliphatic carbocycles. The van der Waals surface area contributed by atoms with E-state index in [1.165, 1.54) is 6.07 Å². The van der Waals surface area contributed by atoms with Gasteiger partial charge in [-0.2, -0.15) is 5.10 Å². The monoisotopic (exact) mass is 349 g/mol. The van der Waals surface area contributed by atoms with E-state index in [2.05, 4.69) is 10.2 Å². The maximum Gasteiger partial charge on any atom is 0.200 e. The molecule has 0 bridgehead atoms. The Morgan fingerprint density at radius 1 is 1.00 bits per heavy atom. The molecular weight excluding hydrogens is 334 g/mol. The quantitative estimate of drug-likeness (QED) is 0.467. The Bertz CT molecular complexity index is 1160. The first-order valence-corrected chi connectivity index (χ1v) is 8.15. The van der Waals surface area contributed by atoms with Gasteiger partial charge in [-0.3, -0.25) is 9.67 Å². The number of aromatic hydroxyl groups is 2. The van der Waals surface area contributed by atoms with Crippen LogP contribution < -0.4 is 0 Å². The Labute approximate surface area is 148 Å². The molecule has 25 heavy (non-hydrogen) atoms. The number of hydrogen-bond acceptors (Lipinski definition) is 4. The fourth-order valence-corrected chi connectivity index (χ4v) is 3.20. The molecule has 4 aromatic rings. The number of aromatic nitrogens is 3. The minimum atomic E-state index is -0.0569. The van der Waals surface area contributed by atoms with Crippen molar-refractivity contribution in [1.82, 2.24) is 14.8 Å². The molecule has 0 fully saturated rings. The average molecular weight is 349 g/mol. The first-order chi connectivity index (χ1) is 12.1. The highest BCUT2D eigenvalue weighted by Crippen LogP contribution is 2.35. The first kappa shape index (κ1) is 15.4. The number of hydrogen-bond donors (Lipinski definition) is 3.